The summed E-state index contributed by atoms with van der Waals surface area (Å²) in [4.78, 5) is 18.6. The van der Waals surface area contributed by atoms with Crippen molar-refractivity contribution in [2.45, 2.75) is 18.9 Å². The first-order valence-electron chi connectivity index (χ1n) is 7.60. The highest BCUT2D eigenvalue weighted by Gasteiger charge is 2.26. The van der Waals surface area contributed by atoms with Gasteiger partial charge in [-0.3, -0.25) is 4.79 Å². The maximum absolute atomic E-state index is 12.0. The van der Waals surface area contributed by atoms with E-state index >= 15 is 0 Å². The summed E-state index contributed by atoms with van der Waals surface area (Å²) < 4.78 is 0. The Morgan fingerprint density at radius 2 is 2.26 bits per heavy atom. The van der Waals surface area contributed by atoms with E-state index in [1.807, 2.05) is 35.8 Å². The topological polar surface area (TPSA) is 45.2 Å². The predicted molar refractivity (Wildman–Crippen MR) is 96.0 cm³/mol. The third-order valence-electron chi connectivity index (χ3n) is 3.85. The van der Waals surface area contributed by atoms with E-state index < -0.39 is 0 Å². The van der Waals surface area contributed by atoms with Gasteiger partial charge in [-0.25, -0.2) is 4.98 Å². The summed E-state index contributed by atoms with van der Waals surface area (Å²) in [6.45, 7) is 1.65. The summed E-state index contributed by atoms with van der Waals surface area (Å²) >= 11 is 7.48. The fourth-order valence-corrected chi connectivity index (χ4v) is 3.55. The summed E-state index contributed by atoms with van der Waals surface area (Å²) in [5.74, 6) is -0.0778. The number of benzene rings is 1. The Morgan fingerprint density at radius 3 is 3.00 bits per heavy atom. The third kappa shape index (κ3) is 4.33. The maximum atomic E-state index is 12.0. The van der Waals surface area contributed by atoms with E-state index in [2.05, 4.69) is 15.2 Å². The van der Waals surface area contributed by atoms with Gasteiger partial charge in [0.2, 0.25) is 5.91 Å². The molecule has 0 spiro atoms. The van der Waals surface area contributed by atoms with Gasteiger partial charge in [0.1, 0.15) is 0 Å². The third-order valence-corrected chi connectivity index (χ3v) is 4.91. The molecule has 4 nitrogen and oxygen atoms in total. The quantitative estimate of drug-likeness (QED) is 0.841. The summed E-state index contributed by atoms with van der Waals surface area (Å²) in [5, 5.41) is 6.70. The van der Waals surface area contributed by atoms with Crippen LogP contribution in [0.25, 0.3) is 6.08 Å². The maximum Gasteiger partial charge on any atom is 0.244 e. The summed E-state index contributed by atoms with van der Waals surface area (Å²) in [6, 6.07) is 7.71. The second kappa shape index (κ2) is 7.62. The SMILES string of the molecule is O=C(/C=C/c1ccc(Cl)cc1)NCC1CCCN1c1nccs1. The number of nitrogens with one attached hydrogen (secondary N) is 1. The minimum absolute atomic E-state index is 0.0778. The molecule has 120 valence electrons. The number of hydrogen-bond acceptors (Lipinski definition) is 4. The van der Waals surface area contributed by atoms with E-state index in [-0.39, 0.29) is 5.91 Å². The van der Waals surface area contributed by atoms with Gasteiger partial charge in [-0.1, -0.05) is 23.7 Å². The number of carbonyl (C=O) groups is 1. The predicted octanol–water partition coefficient (Wildman–Crippen LogP) is 3.59. The summed E-state index contributed by atoms with van der Waals surface area (Å²) in [7, 11) is 0. The van der Waals surface area contributed by atoms with Crippen molar-refractivity contribution in [2.75, 3.05) is 18.0 Å². The molecular formula is C17H18ClN3OS. The van der Waals surface area contributed by atoms with E-state index in [1.54, 1.807) is 23.5 Å². The van der Waals surface area contributed by atoms with Gasteiger partial charge in [0, 0.05) is 41.8 Å². The number of anilines is 1. The van der Waals surface area contributed by atoms with Crippen LogP contribution in [-0.2, 0) is 4.79 Å². The molecule has 1 aliphatic heterocycles. The molecule has 1 N–H and O–H groups in total. The van der Waals surface area contributed by atoms with Crippen LogP contribution < -0.4 is 10.2 Å². The van der Waals surface area contributed by atoms with Gasteiger partial charge >= 0.3 is 0 Å². The molecule has 6 heteroatoms. The van der Waals surface area contributed by atoms with Crippen molar-refractivity contribution in [3.8, 4) is 0 Å². The van der Waals surface area contributed by atoms with E-state index in [4.69, 9.17) is 11.6 Å². The fraction of sp³-hybridized carbons (Fsp3) is 0.294. The molecule has 0 bridgehead atoms. The molecule has 1 aliphatic rings. The lowest BCUT2D eigenvalue weighted by atomic mass is 10.2. The average Bonchev–Trinajstić information content (AvgIpc) is 3.23. The Bertz CT molecular complexity index is 670. The van der Waals surface area contributed by atoms with E-state index in [0.29, 0.717) is 17.6 Å². The Morgan fingerprint density at radius 1 is 1.43 bits per heavy atom. The van der Waals surface area contributed by atoms with Gasteiger partial charge in [-0.2, -0.15) is 0 Å². The molecule has 1 aromatic heterocycles. The number of rotatable bonds is 5. The molecule has 0 aliphatic carbocycles. The second-order valence-electron chi connectivity index (χ2n) is 5.43. The Hall–Kier alpha value is -1.85. The van der Waals surface area contributed by atoms with Crippen molar-refractivity contribution in [1.82, 2.24) is 10.3 Å². The van der Waals surface area contributed by atoms with Gasteiger partial charge in [0.25, 0.3) is 0 Å². The molecule has 23 heavy (non-hydrogen) atoms. The molecule has 1 unspecified atom stereocenters. The minimum atomic E-state index is -0.0778. The zero-order valence-electron chi connectivity index (χ0n) is 12.6. The Labute approximate surface area is 144 Å². The molecule has 0 saturated carbocycles. The average molecular weight is 348 g/mol. The molecule has 2 aromatic rings. The summed E-state index contributed by atoms with van der Waals surface area (Å²) in [5.41, 5.74) is 0.954. The number of hydrogen-bond donors (Lipinski definition) is 1. The number of carbonyl (C=O) groups excluding carboxylic acids is 1. The zero-order valence-corrected chi connectivity index (χ0v) is 14.2. The van der Waals surface area contributed by atoms with Gasteiger partial charge < -0.3 is 10.2 Å². The van der Waals surface area contributed by atoms with Crippen LogP contribution in [0.3, 0.4) is 0 Å². The van der Waals surface area contributed by atoms with Crippen molar-refractivity contribution in [1.29, 1.82) is 0 Å². The highest BCUT2D eigenvalue weighted by atomic mass is 35.5. The van der Waals surface area contributed by atoms with Crippen LogP contribution in [0.2, 0.25) is 5.02 Å². The van der Waals surface area contributed by atoms with Crippen LogP contribution in [0, 0.1) is 0 Å². The van der Waals surface area contributed by atoms with Crippen LogP contribution in [0.1, 0.15) is 18.4 Å². The standard InChI is InChI=1S/C17H18ClN3OS/c18-14-6-3-13(4-7-14)5-8-16(22)20-12-15-2-1-10-21(15)17-19-9-11-23-17/h3-9,11,15H,1-2,10,12H2,(H,20,22)/b8-5+. The first-order valence-corrected chi connectivity index (χ1v) is 8.86. The molecule has 3 rings (SSSR count). The molecular weight excluding hydrogens is 330 g/mol. The highest BCUT2D eigenvalue weighted by molar-refractivity contribution is 7.13. The summed E-state index contributed by atoms with van der Waals surface area (Å²) in [6.07, 6.45) is 7.40. The van der Waals surface area contributed by atoms with Crippen LogP contribution in [0.5, 0.6) is 0 Å². The van der Waals surface area contributed by atoms with E-state index in [0.717, 1.165) is 30.1 Å². The number of nitrogens with zero attached hydrogens (tertiary/aromatic N) is 2. The first kappa shape index (κ1) is 16.0. The van der Waals surface area contributed by atoms with Crippen molar-refractivity contribution in [3.05, 3.63) is 52.5 Å². The van der Waals surface area contributed by atoms with Crippen molar-refractivity contribution < 1.29 is 4.79 Å². The van der Waals surface area contributed by atoms with Crippen molar-refractivity contribution in [2.24, 2.45) is 0 Å². The lowest BCUT2D eigenvalue weighted by Crippen LogP contribution is -2.39. The molecule has 2 heterocycles. The second-order valence-corrected chi connectivity index (χ2v) is 6.74. The molecule has 1 atom stereocenters. The van der Waals surface area contributed by atoms with Crippen molar-refractivity contribution >= 4 is 40.1 Å². The molecule has 1 saturated heterocycles. The van der Waals surface area contributed by atoms with Crippen molar-refractivity contribution in [3.63, 3.8) is 0 Å². The number of amides is 1. The Kier molecular flexibility index (Phi) is 5.31. The van der Waals surface area contributed by atoms with Gasteiger partial charge in [-0.05, 0) is 36.6 Å². The smallest absolute Gasteiger partial charge is 0.244 e. The van der Waals surface area contributed by atoms with Crippen LogP contribution in [0.4, 0.5) is 5.13 Å². The molecule has 0 radical (unpaired) electrons. The fourth-order valence-electron chi connectivity index (χ4n) is 2.68. The lowest BCUT2D eigenvalue weighted by molar-refractivity contribution is -0.116. The first-order chi connectivity index (χ1) is 11.2. The minimum Gasteiger partial charge on any atom is -0.350 e. The Balaban J connectivity index is 1.51. The van der Waals surface area contributed by atoms with Gasteiger partial charge in [0.05, 0.1) is 0 Å². The molecule has 1 fully saturated rings. The van der Waals surface area contributed by atoms with Gasteiger partial charge in [-0.15, -0.1) is 11.3 Å². The van der Waals surface area contributed by atoms with Gasteiger partial charge in [0.15, 0.2) is 5.13 Å². The van der Waals surface area contributed by atoms with Crippen LogP contribution >= 0.6 is 22.9 Å². The van der Waals surface area contributed by atoms with Crippen LogP contribution in [0.15, 0.2) is 41.9 Å². The number of aromatic nitrogens is 1. The largest absolute Gasteiger partial charge is 0.350 e. The van der Waals surface area contributed by atoms with E-state index in [1.165, 1.54) is 0 Å². The lowest BCUT2D eigenvalue weighted by Gasteiger charge is -2.23. The molecule has 1 amide bonds. The highest BCUT2D eigenvalue weighted by Crippen LogP contribution is 2.26. The normalized spacial score (nSPS) is 17.8. The number of thiazole rings is 1. The van der Waals surface area contributed by atoms with E-state index in [9.17, 15) is 4.79 Å². The number of halogens is 1. The molecule has 1 aromatic carbocycles. The monoisotopic (exact) mass is 347 g/mol. The van der Waals surface area contributed by atoms with Crippen LogP contribution in [-0.4, -0.2) is 30.0 Å². The zero-order chi connectivity index (χ0) is 16.1.